The second-order valence-corrected chi connectivity index (χ2v) is 5.66. The summed E-state index contributed by atoms with van der Waals surface area (Å²) in [5.74, 6) is 0.784. The number of ether oxygens (including phenoxy) is 2. The van der Waals surface area contributed by atoms with Crippen molar-refractivity contribution in [2.45, 2.75) is 12.8 Å². The monoisotopic (exact) mass is 342 g/mol. The molecule has 0 fully saturated rings. The van der Waals surface area contributed by atoms with Gasteiger partial charge in [-0.1, -0.05) is 18.2 Å². The number of carbonyl (C=O) groups excluding carboxylic acids is 1. The van der Waals surface area contributed by atoms with Gasteiger partial charge in [-0.3, -0.25) is 14.9 Å². The van der Waals surface area contributed by atoms with E-state index in [2.05, 4.69) is 0 Å². The van der Waals surface area contributed by atoms with Crippen LogP contribution in [-0.4, -0.2) is 31.1 Å². The number of amides is 1. The molecular weight excluding hydrogens is 324 g/mol. The number of nitro benzene ring substituents is 1. The van der Waals surface area contributed by atoms with Crippen LogP contribution in [0.5, 0.6) is 11.5 Å². The zero-order valence-corrected chi connectivity index (χ0v) is 13.8. The van der Waals surface area contributed by atoms with Crippen LogP contribution in [0.25, 0.3) is 0 Å². The quantitative estimate of drug-likeness (QED) is 0.616. The minimum atomic E-state index is -0.455. The molecule has 3 rings (SSSR count). The number of benzene rings is 2. The van der Waals surface area contributed by atoms with Gasteiger partial charge in [0, 0.05) is 18.7 Å². The summed E-state index contributed by atoms with van der Waals surface area (Å²) >= 11 is 0. The van der Waals surface area contributed by atoms with E-state index in [1.165, 1.54) is 19.2 Å². The van der Waals surface area contributed by atoms with E-state index in [0.717, 1.165) is 18.4 Å². The van der Waals surface area contributed by atoms with Gasteiger partial charge in [0.25, 0.3) is 11.6 Å². The van der Waals surface area contributed by atoms with Crippen molar-refractivity contribution in [3.63, 3.8) is 0 Å². The molecular formula is C18H18N2O5. The number of non-ortho nitro benzene ring substituents is 1. The second kappa shape index (κ2) is 7.21. The molecule has 0 atom stereocenters. The van der Waals surface area contributed by atoms with Gasteiger partial charge in [0.05, 0.1) is 17.7 Å². The Hall–Kier alpha value is -3.09. The number of nitro groups is 1. The summed E-state index contributed by atoms with van der Waals surface area (Å²) in [6.07, 6.45) is 1.61. The van der Waals surface area contributed by atoms with Gasteiger partial charge in [0.1, 0.15) is 0 Å². The molecule has 0 radical (unpaired) electrons. The molecule has 0 N–H and O–H groups in total. The third-order valence-corrected chi connectivity index (χ3v) is 4.12. The first kappa shape index (κ1) is 16.8. The highest BCUT2D eigenvalue weighted by molar-refractivity contribution is 5.96. The molecule has 25 heavy (non-hydrogen) atoms. The fourth-order valence-corrected chi connectivity index (χ4v) is 2.89. The van der Waals surface area contributed by atoms with Crippen LogP contribution >= 0.6 is 0 Å². The lowest BCUT2D eigenvalue weighted by atomic mass is 10.0. The van der Waals surface area contributed by atoms with E-state index >= 15 is 0 Å². The number of nitrogens with zero attached hydrogens (tertiary/aromatic N) is 2. The minimum Gasteiger partial charge on any atom is -0.493 e. The highest BCUT2D eigenvalue weighted by atomic mass is 16.6. The summed E-state index contributed by atoms with van der Waals surface area (Å²) in [5, 5.41) is 11.0. The predicted octanol–water partition coefficient (Wildman–Crippen LogP) is 2.96. The third-order valence-electron chi connectivity index (χ3n) is 4.12. The maximum Gasteiger partial charge on any atom is 0.271 e. The van der Waals surface area contributed by atoms with Gasteiger partial charge in [-0.25, -0.2) is 0 Å². The van der Waals surface area contributed by atoms with Crippen molar-refractivity contribution in [2.75, 3.05) is 25.2 Å². The highest BCUT2D eigenvalue weighted by Crippen LogP contribution is 2.31. The lowest BCUT2D eigenvalue weighted by Gasteiger charge is -2.29. The van der Waals surface area contributed by atoms with Crippen molar-refractivity contribution < 1.29 is 19.2 Å². The standard InChI is InChI=1S/C18H18N2O5/c1-24-16-6-2-3-7-17(16)25-12-18(21)19-10-4-5-13-8-9-14(20(22)23)11-15(13)19/h2-3,6-9,11H,4-5,10,12H2,1H3. The second-order valence-electron chi connectivity index (χ2n) is 5.66. The Bertz CT molecular complexity index is 806. The summed E-state index contributed by atoms with van der Waals surface area (Å²) < 4.78 is 10.8. The molecule has 0 bridgehead atoms. The van der Waals surface area contributed by atoms with Crippen molar-refractivity contribution in [1.29, 1.82) is 0 Å². The number of aryl methyl sites for hydroxylation is 1. The summed E-state index contributed by atoms with van der Waals surface area (Å²) in [6, 6.07) is 11.7. The fraction of sp³-hybridized carbons (Fsp3) is 0.278. The first-order valence-corrected chi connectivity index (χ1v) is 7.93. The molecule has 2 aromatic carbocycles. The molecule has 0 saturated carbocycles. The zero-order chi connectivity index (χ0) is 17.8. The van der Waals surface area contributed by atoms with Crippen molar-refractivity contribution in [1.82, 2.24) is 0 Å². The summed E-state index contributed by atoms with van der Waals surface area (Å²) in [7, 11) is 1.53. The number of fused-ring (bicyclic) bond motifs is 1. The van der Waals surface area contributed by atoms with Crippen molar-refractivity contribution in [3.8, 4) is 11.5 Å². The van der Waals surface area contributed by atoms with Crippen LogP contribution < -0.4 is 14.4 Å². The molecule has 1 aliphatic heterocycles. The van der Waals surface area contributed by atoms with Crippen LogP contribution in [0.2, 0.25) is 0 Å². The van der Waals surface area contributed by atoms with Gasteiger partial charge in [0.2, 0.25) is 0 Å². The summed E-state index contributed by atoms with van der Waals surface area (Å²) in [4.78, 5) is 24.7. The molecule has 1 heterocycles. The van der Waals surface area contributed by atoms with Crippen LogP contribution in [0, 0.1) is 10.1 Å². The topological polar surface area (TPSA) is 81.9 Å². The van der Waals surface area contributed by atoms with Crippen LogP contribution in [0.1, 0.15) is 12.0 Å². The normalized spacial score (nSPS) is 13.1. The Labute approximate surface area is 144 Å². The maximum absolute atomic E-state index is 12.6. The van der Waals surface area contributed by atoms with Crippen LogP contribution in [-0.2, 0) is 11.2 Å². The summed E-state index contributed by atoms with van der Waals surface area (Å²) in [6.45, 7) is 0.352. The number of rotatable bonds is 5. The first-order valence-electron chi connectivity index (χ1n) is 7.93. The summed E-state index contributed by atoms with van der Waals surface area (Å²) in [5.41, 5.74) is 1.50. The van der Waals surface area contributed by atoms with E-state index in [9.17, 15) is 14.9 Å². The lowest BCUT2D eigenvalue weighted by molar-refractivity contribution is -0.384. The average Bonchev–Trinajstić information content (AvgIpc) is 2.65. The molecule has 130 valence electrons. The SMILES string of the molecule is COc1ccccc1OCC(=O)N1CCCc2ccc([N+](=O)[O-])cc21. The van der Waals surface area contributed by atoms with Crippen LogP contribution in [0.3, 0.4) is 0 Å². The van der Waals surface area contributed by atoms with Crippen LogP contribution in [0.4, 0.5) is 11.4 Å². The lowest BCUT2D eigenvalue weighted by Crippen LogP contribution is -2.38. The fourth-order valence-electron chi connectivity index (χ4n) is 2.89. The van der Waals surface area contributed by atoms with E-state index < -0.39 is 4.92 Å². The van der Waals surface area contributed by atoms with E-state index in [-0.39, 0.29) is 18.2 Å². The number of hydrogen-bond acceptors (Lipinski definition) is 5. The Kier molecular flexibility index (Phi) is 4.83. The van der Waals surface area contributed by atoms with Gasteiger partial charge in [-0.05, 0) is 30.5 Å². The number of para-hydroxylation sites is 2. The molecule has 1 aliphatic rings. The van der Waals surface area contributed by atoms with Gasteiger partial charge in [-0.2, -0.15) is 0 Å². The van der Waals surface area contributed by atoms with E-state index in [1.807, 2.05) is 6.07 Å². The van der Waals surface area contributed by atoms with Gasteiger partial charge in [-0.15, -0.1) is 0 Å². The van der Waals surface area contributed by atoms with E-state index in [0.29, 0.717) is 23.7 Å². The Morgan fingerprint density at radius 3 is 2.72 bits per heavy atom. The zero-order valence-electron chi connectivity index (χ0n) is 13.8. The smallest absolute Gasteiger partial charge is 0.271 e. The number of carbonyl (C=O) groups is 1. The predicted molar refractivity (Wildman–Crippen MR) is 92.3 cm³/mol. The third kappa shape index (κ3) is 3.55. The molecule has 7 heteroatoms. The van der Waals surface area contributed by atoms with Crippen molar-refractivity contribution in [2.24, 2.45) is 0 Å². The molecule has 0 aliphatic carbocycles. The molecule has 0 saturated heterocycles. The maximum atomic E-state index is 12.6. The molecule has 0 aromatic heterocycles. The molecule has 0 spiro atoms. The average molecular weight is 342 g/mol. The van der Waals surface area contributed by atoms with Crippen molar-refractivity contribution >= 4 is 17.3 Å². The van der Waals surface area contributed by atoms with Crippen LogP contribution in [0.15, 0.2) is 42.5 Å². The largest absolute Gasteiger partial charge is 0.493 e. The Balaban J connectivity index is 1.77. The number of hydrogen-bond donors (Lipinski definition) is 0. The van der Waals surface area contributed by atoms with E-state index in [1.54, 1.807) is 29.2 Å². The number of anilines is 1. The Morgan fingerprint density at radius 2 is 2.00 bits per heavy atom. The number of methoxy groups -OCH3 is 1. The molecule has 1 amide bonds. The Morgan fingerprint density at radius 1 is 1.24 bits per heavy atom. The van der Waals surface area contributed by atoms with E-state index in [4.69, 9.17) is 9.47 Å². The minimum absolute atomic E-state index is 0.0240. The van der Waals surface area contributed by atoms with Gasteiger partial charge in [0.15, 0.2) is 18.1 Å². The van der Waals surface area contributed by atoms with Gasteiger partial charge < -0.3 is 14.4 Å². The molecule has 0 unspecified atom stereocenters. The highest BCUT2D eigenvalue weighted by Gasteiger charge is 2.25. The first-order chi connectivity index (χ1) is 12.1. The molecule has 7 nitrogen and oxygen atoms in total. The van der Waals surface area contributed by atoms with Crippen molar-refractivity contribution in [3.05, 3.63) is 58.1 Å². The molecule has 2 aromatic rings. The van der Waals surface area contributed by atoms with Gasteiger partial charge >= 0.3 is 0 Å².